The molecule has 3 atom stereocenters. The van der Waals surface area contributed by atoms with E-state index in [1.807, 2.05) is 0 Å². The van der Waals surface area contributed by atoms with Crippen LogP contribution in [-0.2, 0) is 22.4 Å². The number of carbonyl (C=O) groups excluding carboxylic acids is 2. The topological polar surface area (TPSA) is 168 Å². The second-order valence-corrected chi connectivity index (χ2v) is 8.57. The number of carboxylic acid groups (broad SMARTS) is 1. The quantitative estimate of drug-likeness (QED) is 0.207. The highest BCUT2D eigenvalue weighted by Gasteiger charge is 2.23. The van der Waals surface area contributed by atoms with Gasteiger partial charge in [-0.2, -0.15) is 0 Å². The summed E-state index contributed by atoms with van der Waals surface area (Å²) < 4.78 is 26.9. The summed E-state index contributed by atoms with van der Waals surface area (Å²) in [4.78, 5) is 35.0. The molecule has 0 aliphatic heterocycles. The van der Waals surface area contributed by atoms with E-state index in [0.717, 1.165) is 18.2 Å². The van der Waals surface area contributed by atoms with Crippen LogP contribution < -0.4 is 22.1 Å². The standard InChI is InChI=1S/C25H32F2N4O5/c26-18-7-8-20(27)17(12-18)13-19(28)14-22(32)30-9-1-2-10-31-24(34)23(33)21(29)11-15-3-5-16(6-4-15)25(35)36/h3-8,12,19,21,23,33H,1-2,9-11,13-14,28-29H2,(H,30,32)(H,31,34)(H,35,36). The molecule has 2 aromatic carbocycles. The number of amides is 2. The van der Waals surface area contributed by atoms with Crippen molar-refractivity contribution in [2.75, 3.05) is 13.1 Å². The fourth-order valence-corrected chi connectivity index (χ4v) is 3.52. The molecule has 36 heavy (non-hydrogen) atoms. The first-order valence-electron chi connectivity index (χ1n) is 11.6. The fraction of sp³-hybridized carbons (Fsp3) is 0.400. The summed E-state index contributed by atoms with van der Waals surface area (Å²) in [6.07, 6.45) is -0.178. The van der Waals surface area contributed by atoms with Crippen LogP contribution in [0, 0.1) is 11.6 Å². The Balaban J connectivity index is 1.60. The number of carbonyl (C=O) groups is 3. The first kappa shape index (κ1) is 28.8. The molecule has 0 saturated heterocycles. The van der Waals surface area contributed by atoms with Gasteiger partial charge < -0.3 is 32.3 Å². The Morgan fingerprint density at radius 3 is 2.19 bits per heavy atom. The molecule has 0 spiro atoms. The molecule has 9 nitrogen and oxygen atoms in total. The molecule has 0 bridgehead atoms. The lowest BCUT2D eigenvalue weighted by Crippen LogP contribution is -2.47. The van der Waals surface area contributed by atoms with Gasteiger partial charge in [0.25, 0.3) is 0 Å². The Kier molecular flexibility index (Phi) is 11.4. The lowest BCUT2D eigenvalue weighted by Gasteiger charge is -2.18. The summed E-state index contributed by atoms with van der Waals surface area (Å²) >= 11 is 0. The average molecular weight is 507 g/mol. The molecule has 0 saturated carbocycles. The van der Waals surface area contributed by atoms with E-state index < -0.39 is 41.7 Å². The van der Waals surface area contributed by atoms with Crippen LogP contribution in [0.15, 0.2) is 42.5 Å². The number of aromatic carboxylic acids is 1. The van der Waals surface area contributed by atoms with Gasteiger partial charge in [0.05, 0.1) is 5.56 Å². The third-order valence-corrected chi connectivity index (χ3v) is 5.51. The van der Waals surface area contributed by atoms with Gasteiger partial charge in [-0.25, -0.2) is 13.6 Å². The van der Waals surface area contributed by atoms with Crippen LogP contribution in [0.5, 0.6) is 0 Å². The zero-order chi connectivity index (χ0) is 26.7. The number of halogens is 2. The van der Waals surface area contributed by atoms with E-state index in [2.05, 4.69) is 10.6 Å². The van der Waals surface area contributed by atoms with E-state index in [4.69, 9.17) is 16.6 Å². The maximum atomic E-state index is 13.7. The van der Waals surface area contributed by atoms with Crippen LogP contribution >= 0.6 is 0 Å². The second-order valence-electron chi connectivity index (χ2n) is 8.57. The van der Waals surface area contributed by atoms with Crippen molar-refractivity contribution >= 4 is 17.8 Å². The SMILES string of the molecule is NC(CC(=O)NCCCCNC(=O)C(O)C(N)Cc1ccc(C(=O)O)cc1)Cc1cc(F)ccc1F. The molecule has 196 valence electrons. The minimum absolute atomic E-state index is 0.0289. The first-order valence-corrected chi connectivity index (χ1v) is 11.6. The van der Waals surface area contributed by atoms with E-state index in [-0.39, 0.29) is 42.8 Å². The van der Waals surface area contributed by atoms with Gasteiger partial charge in [0, 0.05) is 31.6 Å². The zero-order valence-corrected chi connectivity index (χ0v) is 19.8. The van der Waals surface area contributed by atoms with Gasteiger partial charge in [0.1, 0.15) is 17.7 Å². The van der Waals surface area contributed by atoms with Gasteiger partial charge in [0.2, 0.25) is 11.8 Å². The Labute approximate surface area is 207 Å². The van der Waals surface area contributed by atoms with Crippen LogP contribution in [0.2, 0.25) is 0 Å². The number of aliphatic hydroxyl groups excluding tert-OH is 1. The summed E-state index contributed by atoms with van der Waals surface area (Å²) in [6.45, 7) is 0.605. The van der Waals surface area contributed by atoms with E-state index in [1.165, 1.54) is 12.1 Å². The van der Waals surface area contributed by atoms with Crippen LogP contribution in [0.1, 0.15) is 40.7 Å². The number of benzene rings is 2. The fourth-order valence-electron chi connectivity index (χ4n) is 3.52. The number of rotatable bonds is 14. The maximum Gasteiger partial charge on any atom is 0.335 e. The highest BCUT2D eigenvalue weighted by Crippen LogP contribution is 2.12. The largest absolute Gasteiger partial charge is 0.478 e. The summed E-state index contributed by atoms with van der Waals surface area (Å²) in [6, 6.07) is 7.56. The van der Waals surface area contributed by atoms with Crippen LogP contribution in [0.3, 0.4) is 0 Å². The smallest absolute Gasteiger partial charge is 0.335 e. The number of aliphatic hydroxyl groups is 1. The zero-order valence-electron chi connectivity index (χ0n) is 19.8. The monoisotopic (exact) mass is 506 g/mol. The maximum absolute atomic E-state index is 13.7. The van der Waals surface area contributed by atoms with Crippen LogP contribution in [-0.4, -0.2) is 59.3 Å². The van der Waals surface area contributed by atoms with Crippen molar-refractivity contribution in [3.63, 3.8) is 0 Å². The van der Waals surface area contributed by atoms with Crippen molar-refractivity contribution in [2.45, 2.75) is 50.3 Å². The van der Waals surface area contributed by atoms with Crippen molar-refractivity contribution in [1.29, 1.82) is 0 Å². The molecule has 3 unspecified atom stereocenters. The second kappa shape index (κ2) is 14.2. The lowest BCUT2D eigenvalue weighted by molar-refractivity contribution is -0.130. The van der Waals surface area contributed by atoms with E-state index in [9.17, 15) is 28.3 Å². The Morgan fingerprint density at radius 1 is 0.917 bits per heavy atom. The Morgan fingerprint density at radius 2 is 1.56 bits per heavy atom. The third kappa shape index (κ3) is 9.68. The normalized spacial score (nSPS) is 13.5. The predicted molar refractivity (Wildman–Crippen MR) is 129 cm³/mol. The van der Waals surface area contributed by atoms with Gasteiger partial charge in [-0.05, 0) is 67.1 Å². The van der Waals surface area contributed by atoms with Gasteiger partial charge in [-0.3, -0.25) is 9.59 Å². The molecule has 2 rings (SSSR count). The molecule has 8 N–H and O–H groups in total. The van der Waals surface area contributed by atoms with Crippen molar-refractivity contribution in [3.05, 3.63) is 70.8 Å². The number of hydrogen-bond acceptors (Lipinski definition) is 6. The molecule has 11 heteroatoms. The van der Waals surface area contributed by atoms with Gasteiger partial charge >= 0.3 is 5.97 Å². The minimum atomic E-state index is -1.44. The molecule has 2 amide bonds. The molecule has 0 radical (unpaired) electrons. The molecule has 0 aromatic heterocycles. The van der Waals surface area contributed by atoms with Crippen LogP contribution in [0.4, 0.5) is 8.78 Å². The van der Waals surface area contributed by atoms with Gasteiger partial charge in [-0.15, -0.1) is 0 Å². The molecular weight excluding hydrogens is 474 g/mol. The highest BCUT2D eigenvalue weighted by atomic mass is 19.1. The summed E-state index contributed by atoms with van der Waals surface area (Å²) in [5, 5.41) is 24.3. The molecular formula is C25H32F2N4O5. The summed E-state index contributed by atoms with van der Waals surface area (Å²) in [7, 11) is 0. The molecule has 0 heterocycles. The average Bonchev–Trinajstić information content (AvgIpc) is 2.83. The first-order chi connectivity index (χ1) is 17.1. The van der Waals surface area contributed by atoms with Crippen LogP contribution in [0.25, 0.3) is 0 Å². The van der Waals surface area contributed by atoms with Gasteiger partial charge in [-0.1, -0.05) is 12.1 Å². The number of carboxylic acids is 1. The van der Waals surface area contributed by atoms with E-state index in [0.29, 0.717) is 24.9 Å². The number of unbranched alkanes of at least 4 members (excludes halogenated alkanes) is 1. The number of nitrogens with two attached hydrogens (primary N) is 2. The minimum Gasteiger partial charge on any atom is -0.478 e. The van der Waals surface area contributed by atoms with Crippen molar-refractivity contribution in [2.24, 2.45) is 11.5 Å². The number of nitrogens with one attached hydrogen (secondary N) is 2. The van der Waals surface area contributed by atoms with Crippen molar-refractivity contribution < 1.29 is 33.4 Å². The Hall–Kier alpha value is -3.41. The molecule has 2 aromatic rings. The number of hydrogen-bond donors (Lipinski definition) is 6. The van der Waals surface area contributed by atoms with E-state index in [1.54, 1.807) is 12.1 Å². The molecule has 0 aliphatic rings. The highest BCUT2D eigenvalue weighted by molar-refractivity contribution is 5.87. The molecule has 0 fully saturated rings. The van der Waals surface area contributed by atoms with Crippen molar-refractivity contribution in [3.8, 4) is 0 Å². The summed E-state index contributed by atoms with van der Waals surface area (Å²) in [5.74, 6) is -3.14. The van der Waals surface area contributed by atoms with Crippen molar-refractivity contribution in [1.82, 2.24) is 10.6 Å². The van der Waals surface area contributed by atoms with Gasteiger partial charge in [0.15, 0.2) is 0 Å². The summed E-state index contributed by atoms with van der Waals surface area (Å²) in [5.41, 5.74) is 12.7. The Bertz CT molecular complexity index is 1040. The predicted octanol–water partition coefficient (Wildman–Crippen LogP) is 0.866. The third-order valence-electron chi connectivity index (χ3n) is 5.51. The van der Waals surface area contributed by atoms with E-state index >= 15 is 0 Å². The molecule has 0 aliphatic carbocycles. The lowest BCUT2D eigenvalue weighted by atomic mass is 10.0.